The molecule has 0 bridgehead atoms. The van der Waals surface area contributed by atoms with Gasteiger partial charge in [0.1, 0.15) is 0 Å². The Morgan fingerprint density at radius 3 is 2.21 bits per heavy atom. The smallest absolute Gasteiger partial charge is 0.0220 e. The van der Waals surface area contributed by atoms with Gasteiger partial charge in [0.25, 0.3) is 0 Å². The first-order valence-electron chi connectivity index (χ1n) is 6.02. The second-order valence-electron chi connectivity index (χ2n) is 4.90. The highest BCUT2D eigenvalue weighted by Gasteiger charge is 2.31. The third-order valence-electron chi connectivity index (χ3n) is 3.85. The molecular weight excluding hydrogens is 168 g/mol. The van der Waals surface area contributed by atoms with Crippen LogP contribution in [0.25, 0.3) is 0 Å². The summed E-state index contributed by atoms with van der Waals surface area (Å²) in [6, 6.07) is 0. The predicted molar refractivity (Wildman–Crippen MR) is 64.3 cm³/mol. The zero-order chi connectivity index (χ0) is 10.6. The summed E-state index contributed by atoms with van der Waals surface area (Å²) in [4.78, 5) is 0. The fourth-order valence-electron chi connectivity index (χ4n) is 2.55. The van der Waals surface area contributed by atoms with E-state index in [1.807, 2.05) is 0 Å². The minimum absolute atomic E-state index is 0.547. The Morgan fingerprint density at radius 1 is 1.29 bits per heavy atom. The van der Waals surface area contributed by atoms with Gasteiger partial charge in [0.05, 0.1) is 0 Å². The number of allylic oxidation sites excluding steroid dienone is 4. The number of hydrogen-bond donors (Lipinski definition) is 0. The maximum absolute atomic E-state index is 2.38. The van der Waals surface area contributed by atoms with Crippen LogP contribution in [0.15, 0.2) is 23.8 Å². The third kappa shape index (κ3) is 2.29. The normalized spacial score (nSPS) is 19.1. The van der Waals surface area contributed by atoms with Crippen molar-refractivity contribution < 1.29 is 0 Å². The molecule has 0 saturated heterocycles. The standard InChI is InChI=1S/C14H24/c1-5-10-14(6-2,12(3)4)11-13-8-7-9-13/h7-9,12H,5-6,10-11H2,1-4H3. The molecule has 0 radical (unpaired) electrons. The molecule has 0 spiro atoms. The summed E-state index contributed by atoms with van der Waals surface area (Å²) < 4.78 is 0. The lowest BCUT2D eigenvalue weighted by Crippen LogP contribution is -2.27. The van der Waals surface area contributed by atoms with E-state index in [1.165, 1.54) is 25.7 Å². The summed E-state index contributed by atoms with van der Waals surface area (Å²) in [5.74, 6) is 0.794. The van der Waals surface area contributed by atoms with E-state index < -0.39 is 0 Å². The van der Waals surface area contributed by atoms with Crippen LogP contribution in [-0.2, 0) is 0 Å². The zero-order valence-corrected chi connectivity index (χ0v) is 10.1. The SMILES string of the molecule is CCCC(CC)(CC1=CC=C1)C(C)C. The monoisotopic (exact) mass is 192 g/mol. The molecule has 0 heteroatoms. The third-order valence-corrected chi connectivity index (χ3v) is 3.85. The molecule has 0 aromatic heterocycles. The Hall–Kier alpha value is -0.520. The second kappa shape index (κ2) is 4.82. The Labute approximate surface area is 89.1 Å². The summed E-state index contributed by atoms with van der Waals surface area (Å²) in [7, 11) is 0. The predicted octanol–water partition coefficient (Wildman–Crippen LogP) is 4.73. The largest absolute Gasteiger partial charge is 0.0654 e. The molecule has 80 valence electrons. The molecular formula is C14H24. The van der Waals surface area contributed by atoms with Crippen molar-refractivity contribution in [3.05, 3.63) is 23.8 Å². The molecule has 0 aromatic carbocycles. The lowest BCUT2D eigenvalue weighted by atomic mass is 9.67. The summed E-state index contributed by atoms with van der Waals surface area (Å²) in [5, 5.41) is 0. The average Bonchev–Trinajstić information content (AvgIpc) is 2.09. The van der Waals surface area contributed by atoms with Crippen molar-refractivity contribution in [1.29, 1.82) is 0 Å². The number of rotatable bonds is 6. The summed E-state index contributed by atoms with van der Waals surface area (Å²) in [6.45, 7) is 9.40. The molecule has 0 aliphatic heterocycles. The lowest BCUT2D eigenvalue weighted by molar-refractivity contribution is 0.160. The molecule has 14 heavy (non-hydrogen) atoms. The zero-order valence-electron chi connectivity index (χ0n) is 10.1. The molecule has 0 amide bonds. The van der Waals surface area contributed by atoms with Gasteiger partial charge in [-0.2, -0.15) is 0 Å². The van der Waals surface area contributed by atoms with Gasteiger partial charge in [-0.05, 0) is 36.2 Å². The molecule has 1 rings (SSSR count). The van der Waals surface area contributed by atoms with Crippen LogP contribution >= 0.6 is 0 Å². The van der Waals surface area contributed by atoms with Crippen molar-refractivity contribution >= 4 is 0 Å². The van der Waals surface area contributed by atoms with Crippen molar-refractivity contribution in [2.75, 3.05) is 0 Å². The Balaban J connectivity index is 2.66. The molecule has 1 unspecified atom stereocenters. The minimum atomic E-state index is 0.547. The summed E-state index contributed by atoms with van der Waals surface area (Å²) in [5.41, 5.74) is 2.10. The van der Waals surface area contributed by atoms with Crippen LogP contribution in [0.4, 0.5) is 0 Å². The number of hydrogen-bond acceptors (Lipinski definition) is 0. The molecule has 1 aliphatic carbocycles. The lowest BCUT2D eigenvalue weighted by Gasteiger charge is -2.38. The van der Waals surface area contributed by atoms with Crippen LogP contribution in [0.1, 0.15) is 53.4 Å². The van der Waals surface area contributed by atoms with Crippen LogP contribution in [-0.4, -0.2) is 0 Å². The fourth-order valence-corrected chi connectivity index (χ4v) is 2.55. The van der Waals surface area contributed by atoms with Crippen LogP contribution in [0.3, 0.4) is 0 Å². The van der Waals surface area contributed by atoms with Gasteiger partial charge in [-0.1, -0.05) is 52.3 Å². The molecule has 0 fully saturated rings. The summed E-state index contributed by atoms with van der Waals surface area (Å²) in [6.07, 6.45) is 12.0. The van der Waals surface area contributed by atoms with Gasteiger partial charge in [0.15, 0.2) is 0 Å². The Kier molecular flexibility index (Phi) is 3.97. The Bertz CT molecular complexity index is 232. The molecule has 0 N–H and O–H groups in total. The van der Waals surface area contributed by atoms with Gasteiger partial charge in [0.2, 0.25) is 0 Å². The first-order chi connectivity index (χ1) is 6.64. The van der Waals surface area contributed by atoms with Crippen LogP contribution in [0.5, 0.6) is 0 Å². The van der Waals surface area contributed by atoms with E-state index in [1.54, 1.807) is 5.57 Å². The maximum atomic E-state index is 2.38. The Morgan fingerprint density at radius 2 is 1.93 bits per heavy atom. The molecule has 0 aromatic rings. The van der Waals surface area contributed by atoms with Crippen molar-refractivity contribution in [1.82, 2.24) is 0 Å². The van der Waals surface area contributed by atoms with Gasteiger partial charge in [-0.3, -0.25) is 0 Å². The van der Waals surface area contributed by atoms with Crippen LogP contribution in [0, 0.1) is 11.3 Å². The highest BCUT2D eigenvalue weighted by molar-refractivity contribution is 5.36. The quantitative estimate of drug-likeness (QED) is 0.571. The van der Waals surface area contributed by atoms with Gasteiger partial charge in [-0.25, -0.2) is 0 Å². The van der Waals surface area contributed by atoms with E-state index in [2.05, 4.69) is 45.9 Å². The van der Waals surface area contributed by atoms with E-state index in [9.17, 15) is 0 Å². The van der Waals surface area contributed by atoms with E-state index in [0.717, 1.165) is 5.92 Å². The van der Waals surface area contributed by atoms with E-state index >= 15 is 0 Å². The van der Waals surface area contributed by atoms with Gasteiger partial charge in [-0.15, -0.1) is 0 Å². The molecule has 1 aliphatic rings. The van der Waals surface area contributed by atoms with E-state index in [0.29, 0.717) is 5.41 Å². The highest BCUT2D eigenvalue weighted by atomic mass is 14.4. The van der Waals surface area contributed by atoms with E-state index in [-0.39, 0.29) is 0 Å². The molecule has 1 atom stereocenters. The van der Waals surface area contributed by atoms with E-state index in [4.69, 9.17) is 0 Å². The van der Waals surface area contributed by atoms with Crippen molar-refractivity contribution in [3.8, 4) is 0 Å². The molecule has 0 heterocycles. The minimum Gasteiger partial charge on any atom is -0.0654 e. The maximum Gasteiger partial charge on any atom is -0.0220 e. The molecule has 0 saturated carbocycles. The fraction of sp³-hybridized carbons (Fsp3) is 0.714. The van der Waals surface area contributed by atoms with Crippen LogP contribution in [0.2, 0.25) is 0 Å². The van der Waals surface area contributed by atoms with Crippen molar-refractivity contribution in [2.45, 2.75) is 53.4 Å². The first-order valence-corrected chi connectivity index (χ1v) is 6.02. The molecule has 0 nitrogen and oxygen atoms in total. The topological polar surface area (TPSA) is 0 Å². The van der Waals surface area contributed by atoms with Gasteiger partial charge < -0.3 is 0 Å². The highest BCUT2D eigenvalue weighted by Crippen LogP contribution is 2.43. The van der Waals surface area contributed by atoms with Gasteiger partial charge >= 0.3 is 0 Å². The average molecular weight is 192 g/mol. The summed E-state index contributed by atoms with van der Waals surface area (Å²) >= 11 is 0. The first kappa shape index (κ1) is 11.6. The van der Waals surface area contributed by atoms with Crippen molar-refractivity contribution in [2.24, 2.45) is 11.3 Å². The second-order valence-corrected chi connectivity index (χ2v) is 4.90. The van der Waals surface area contributed by atoms with Gasteiger partial charge in [0, 0.05) is 0 Å². The van der Waals surface area contributed by atoms with Crippen LogP contribution < -0.4 is 0 Å². The van der Waals surface area contributed by atoms with Crippen molar-refractivity contribution in [3.63, 3.8) is 0 Å².